The Bertz CT molecular complexity index is 859. The topological polar surface area (TPSA) is 54.0 Å². The number of benzene rings is 2. The van der Waals surface area contributed by atoms with Crippen LogP contribution in [0, 0.1) is 6.92 Å². The molecule has 1 amide bonds. The highest BCUT2D eigenvalue weighted by Gasteiger charge is 2.07. The Morgan fingerprint density at radius 2 is 1.58 bits per heavy atom. The molecule has 0 radical (unpaired) electrons. The zero-order valence-electron chi connectivity index (χ0n) is 14.5. The highest BCUT2D eigenvalue weighted by Crippen LogP contribution is 2.11. The summed E-state index contributed by atoms with van der Waals surface area (Å²) in [5, 5.41) is 6.83. The molecule has 3 rings (SSSR count). The number of hydrogen-bond acceptors (Lipinski definition) is 3. The monoisotopic (exact) mass is 365 g/mol. The third-order valence-electron chi connectivity index (χ3n) is 3.98. The van der Waals surface area contributed by atoms with E-state index in [2.05, 4.69) is 46.8 Å². The number of aryl methyl sites for hydroxylation is 1. The Hall–Kier alpha value is -2.85. The normalized spacial score (nSPS) is 10.4. The highest BCUT2D eigenvalue weighted by molar-refractivity contribution is 6.30. The van der Waals surface area contributed by atoms with Crippen molar-refractivity contribution in [2.75, 3.05) is 5.32 Å². The van der Waals surface area contributed by atoms with E-state index < -0.39 is 0 Å². The summed E-state index contributed by atoms with van der Waals surface area (Å²) in [6.45, 7) is 3.22. The van der Waals surface area contributed by atoms with Gasteiger partial charge < -0.3 is 10.6 Å². The van der Waals surface area contributed by atoms with Crippen LogP contribution in [0.2, 0.25) is 5.02 Å². The molecule has 3 aromatic rings. The molecule has 0 aliphatic heterocycles. The molecule has 0 aliphatic rings. The quantitative estimate of drug-likeness (QED) is 0.672. The second kappa shape index (κ2) is 8.50. The van der Waals surface area contributed by atoms with Gasteiger partial charge in [-0.15, -0.1) is 0 Å². The summed E-state index contributed by atoms with van der Waals surface area (Å²) in [5.41, 5.74) is 4.68. The number of halogens is 1. The number of aromatic nitrogens is 1. The highest BCUT2D eigenvalue weighted by atomic mass is 35.5. The van der Waals surface area contributed by atoms with Crippen molar-refractivity contribution in [2.24, 2.45) is 0 Å². The molecule has 132 valence electrons. The van der Waals surface area contributed by atoms with Gasteiger partial charge in [-0.2, -0.15) is 0 Å². The molecule has 2 aromatic carbocycles. The molecule has 0 atom stereocenters. The zero-order valence-corrected chi connectivity index (χ0v) is 15.3. The molecule has 0 unspecified atom stereocenters. The number of carbonyl (C=O) groups excluding carboxylic acids is 1. The second-order valence-electron chi connectivity index (χ2n) is 6.08. The smallest absolute Gasteiger partial charge is 0.270 e. The van der Waals surface area contributed by atoms with Crippen molar-refractivity contribution < 1.29 is 4.79 Å². The minimum atomic E-state index is -0.204. The van der Waals surface area contributed by atoms with Gasteiger partial charge in [0.05, 0.1) is 11.9 Å². The average Bonchev–Trinajstić information content (AvgIpc) is 2.67. The summed E-state index contributed by atoms with van der Waals surface area (Å²) < 4.78 is 0. The third kappa shape index (κ3) is 5.07. The van der Waals surface area contributed by atoms with Crippen molar-refractivity contribution in [3.8, 4) is 0 Å². The first-order valence-electron chi connectivity index (χ1n) is 8.38. The summed E-state index contributed by atoms with van der Waals surface area (Å²) in [4.78, 5) is 16.4. The van der Waals surface area contributed by atoms with Gasteiger partial charge in [-0.05, 0) is 42.3 Å². The predicted octanol–water partition coefficient (Wildman–Crippen LogP) is 4.59. The van der Waals surface area contributed by atoms with Crippen LogP contribution in [0.25, 0.3) is 0 Å². The van der Waals surface area contributed by atoms with Crippen molar-refractivity contribution >= 4 is 23.2 Å². The number of carbonyl (C=O) groups is 1. The number of rotatable bonds is 6. The number of nitrogens with zero attached hydrogens (tertiary/aromatic N) is 1. The van der Waals surface area contributed by atoms with E-state index >= 15 is 0 Å². The van der Waals surface area contributed by atoms with Crippen molar-refractivity contribution in [3.63, 3.8) is 0 Å². The van der Waals surface area contributed by atoms with Crippen molar-refractivity contribution in [3.05, 3.63) is 94.3 Å². The van der Waals surface area contributed by atoms with Gasteiger partial charge in [-0.25, -0.2) is 4.98 Å². The molecule has 0 spiro atoms. The maximum absolute atomic E-state index is 12.2. The molecule has 1 aromatic heterocycles. The van der Waals surface area contributed by atoms with E-state index in [1.165, 1.54) is 11.1 Å². The van der Waals surface area contributed by atoms with Gasteiger partial charge in [0.15, 0.2) is 0 Å². The summed E-state index contributed by atoms with van der Waals surface area (Å²) in [6, 6.07) is 19.3. The molecule has 0 saturated carbocycles. The van der Waals surface area contributed by atoms with E-state index in [4.69, 9.17) is 11.6 Å². The molecule has 2 N–H and O–H groups in total. The van der Waals surface area contributed by atoms with Crippen LogP contribution in [0.5, 0.6) is 0 Å². The van der Waals surface area contributed by atoms with Crippen LogP contribution in [-0.2, 0) is 13.1 Å². The molecule has 0 saturated heterocycles. The molecule has 0 aliphatic carbocycles. The lowest BCUT2D eigenvalue weighted by atomic mass is 10.1. The van der Waals surface area contributed by atoms with Crippen molar-refractivity contribution in [2.45, 2.75) is 20.0 Å². The molecule has 0 bridgehead atoms. The lowest BCUT2D eigenvalue weighted by molar-refractivity contribution is 0.0946. The fourth-order valence-electron chi connectivity index (χ4n) is 2.42. The molecule has 5 heteroatoms. The number of anilines is 1. The lowest BCUT2D eigenvalue weighted by Crippen LogP contribution is -2.23. The number of hydrogen-bond donors (Lipinski definition) is 2. The minimum Gasteiger partial charge on any atom is -0.380 e. The largest absolute Gasteiger partial charge is 0.380 e. The van der Waals surface area contributed by atoms with E-state index in [1.54, 1.807) is 24.4 Å². The maximum Gasteiger partial charge on any atom is 0.270 e. The van der Waals surface area contributed by atoms with Crippen LogP contribution in [0.15, 0.2) is 66.9 Å². The third-order valence-corrected chi connectivity index (χ3v) is 4.23. The maximum atomic E-state index is 12.2. The van der Waals surface area contributed by atoms with E-state index in [0.717, 1.165) is 11.3 Å². The van der Waals surface area contributed by atoms with Gasteiger partial charge in [0.25, 0.3) is 5.91 Å². The summed E-state index contributed by atoms with van der Waals surface area (Å²) >= 11 is 5.85. The van der Waals surface area contributed by atoms with Gasteiger partial charge in [-0.3, -0.25) is 4.79 Å². The van der Waals surface area contributed by atoms with Gasteiger partial charge in [0.2, 0.25) is 0 Å². The molecular weight excluding hydrogens is 346 g/mol. The summed E-state index contributed by atoms with van der Waals surface area (Å²) in [7, 11) is 0. The lowest BCUT2D eigenvalue weighted by Gasteiger charge is -2.08. The van der Waals surface area contributed by atoms with Gasteiger partial charge in [0.1, 0.15) is 5.69 Å². The van der Waals surface area contributed by atoms with Crippen LogP contribution >= 0.6 is 11.6 Å². The Labute approximate surface area is 158 Å². The molecule has 26 heavy (non-hydrogen) atoms. The zero-order chi connectivity index (χ0) is 18.4. The van der Waals surface area contributed by atoms with E-state index in [9.17, 15) is 4.79 Å². The van der Waals surface area contributed by atoms with Crippen LogP contribution in [0.1, 0.15) is 27.2 Å². The summed E-state index contributed by atoms with van der Waals surface area (Å²) in [5.74, 6) is -0.204. The molecule has 4 nitrogen and oxygen atoms in total. The average molecular weight is 366 g/mol. The standard InChI is InChI=1S/C21H20ClN3O/c1-15-2-4-16(5-3-15)12-23-19-10-11-20(24-14-19)21(26)25-13-17-6-8-18(22)9-7-17/h2-11,14,23H,12-13H2,1H3,(H,25,26). The van der Waals surface area contributed by atoms with E-state index in [0.29, 0.717) is 23.8 Å². The predicted molar refractivity (Wildman–Crippen MR) is 105 cm³/mol. The van der Waals surface area contributed by atoms with Crippen LogP contribution in [0.4, 0.5) is 5.69 Å². The van der Waals surface area contributed by atoms with Crippen LogP contribution < -0.4 is 10.6 Å². The number of pyridine rings is 1. The molecule has 1 heterocycles. The Morgan fingerprint density at radius 1 is 0.923 bits per heavy atom. The first-order chi connectivity index (χ1) is 12.6. The minimum absolute atomic E-state index is 0.204. The van der Waals surface area contributed by atoms with Crippen molar-refractivity contribution in [1.29, 1.82) is 0 Å². The van der Waals surface area contributed by atoms with E-state index in [1.807, 2.05) is 18.2 Å². The fourth-order valence-corrected chi connectivity index (χ4v) is 2.54. The molecular formula is C21H20ClN3O. The van der Waals surface area contributed by atoms with E-state index in [-0.39, 0.29) is 5.91 Å². The number of nitrogens with one attached hydrogen (secondary N) is 2. The Morgan fingerprint density at radius 3 is 2.23 bits per heavy atom. The number of amides is 1. The van der Waals surface area contributed by atoms with Crippen LogP contribution in [-0.4, -0.2) is 10.9 Å². The van der Waals surface area contributed by atoms with Crippen molar-refractivity contribution in [1.82, 2.24) is 10.3 Å². The molecule has 0 fully saturated rings. The van der Waals surface area contributed by atoms with Gasteiger partial charge >= 0.3 is 0 Å². The second-order valence-corrected chi connectivity index (χ2v) is 6.52. The summed E-state index contributed by atoms with van der Waals surface area (Å²) in [6.07, 6.45) is 1.67. The van der Waals surface area contributed by atoms with Gasteiger partial charge in [-0.1, -0.05) is 53.6 Å². The van der Waals surface area contributed by atoms with Crippen LogP contribution in [0.3, 0.4) is 0 Å². The Kier molecular flexibility index (Phi) is 5.87. The SMILES string of the molecule is Cc1ccc(CNc2ccc(C(=O)NCc3ccc(Cl)cc3)nc2)cc1. The van der Waals surface area contributed by atoms with Gasteiger partial charge in [0, 0.05) is 18.1 Å². The Balaban J connectivity index is 1.52. The fraction of sp³-hybridized carbons (Fsp3) is 0.143. The first-order valence-corrected chi connectivity index (χ1v) is 8.76. The first kappa shape index (κ1) is 18.0.